The second-order valence-corrected chi connectivity index (χ2v) is 7.30. The Kier molecular flexibility index (Phi) is 6.70. The summed E-state index contributed by atoms with van der Waals surface area (Å²) in [5, 5.41) is 12.9. The summed E-state index contributed by atoms with van der Waals surface area (Å²) >= 11 is 0. The molecule has 172 valence electrons. The van der Waals surface area contributed by atoms with E-state index < -0.39 is 35.1 Å². The third-order valence-electron chi connectivity index (χ3n) is 5.14. The number of nitrogens with one attached hydrogen (secondary N) is 2. The first-order valence-corrected chi connectivity index (χ1v) is 9.26. The summed E-state index contributed by atoms with van der Waals surface area (Å²) in [5.74, 6) is -3.00. The lowest BCUT2D eigenvalue weighted by molar-refractivity contribution is -0.176. The van der Waals surface area contributed by atoms with Crippen molar-refractivity contribution in [1.29, 1.82) is 5.26 Å². The Hall–Kier alpha value is -4.12. The van der Waals surface area contributed by atoms with Crippen LogP contribution in [0.5, 0.6) is 0 Å². The number of carbonyl (C=O) groups is 3. The third-order valence-corrected chi connectivity index (χ3v) is 5.14. The minimum absolute atomic E-state index is 0.0321. The minimum Gasteiger partial charge on any atom is -0.343 e. The van der Waals surface area contributed by atoms with Crippen LogP contribution >= 0.6 is 0 Å². The van der Waals surface area contributed by atoms with E-state index in [-0.39, 0.29) is 33.8 Å². The van der Waals surface area contributed by atoms with Crippen LogP contribution in [-0.2, 0) is 11.8 Å². The highest BCUT2D eigenvalue weighted by Crippen LogP contribution is 2.30. The molecule has 0 fully saturated rings. The molecule has 0 saturated carbocycles. The molecule has 1 heterocycles. The van der Waals surface area contributed by atoms with Crippen molar-refractivity contribution in [3.8, 4) is 18.4 Å². The highest BCUT2D eigenvalue weighted by molar-refractivity contribution is 6.44. The Balaban J connectivity index is 2.40. The van der Waals surface area contributed by atoms with E-state index in [1.54, 1.807) is 6.07 Å². The monoisotopic (exact) mass is 462 g/mol. The van der Waals surface area contributed by atoms with Gasteiger partial charge in [0.25, 0.3) is 17.6 Å². The molecule has 0 aliphatic heterocycles. The average molecular weight is 462 g/mol. The number of nitrogens with zero attached hydrogens (tertiary/aromatic N) is 2. The van der Waals surface area contributed by atoms with E-state index in [0.717, 1.165) is 12.1 Å². The number of halogens is 4. The van der Waals surface area contributed by atoms with Crippen LogP contribution in [0.2, 0.25) is 0 Å². The van der Waals surface area contributed by atoms with Crippen LogP contribution in [0, 0.1) is 43.3 Å². The maximum atomic E-state index is 13.5. The second kappa shape index (κ2) is 8.79. The molecule has 11 heteroatoms. The Morgan fingerprint density at radius 1 is 1.18 bits per heavy atom. The van der Waals surface area contributed by atoms with Gasteiger partial charge in [0, 0.05) is 18.4 Å². The van der Waals surface area contributed by atoms with E-state index in [1.807, 2.05) is 0 Å². The molecule has 1 aromatic carbocycles. The molecule has 2 aromatic rings. The highest BCUT2D eigenvalue weighted by atomic mass is 19.4. The molecule has 0 aliphatic carbocycles. The molecule has 7 nitrogen and oxygen atoms in total. The van der Waals surface area contributed by atoms with Gasteiger partial charge in [0.05, 0.1) is 11.1 Å². The molecule has 2 rings (SSSR count). The number of amides is 2. The summed E-state index contributed by atoms with van der Waals surface area (Å²) in [6.45, 7) is 3.29. The predicted molar refractivity (Wildman–Crippen MR) is 110 cm³/mol. The van der Waals surface area contributed by atoms with Gasteiger partial charge < -0.3 is 15.2 Å². The number of nitriles is 1. The molecule has 2 amide bonds. The van der Waals surface area contributed by atoms with E-state index >= 15 is 0 Å². The summed E-state index contributed by atoms with van der Waals surface area (Å²) in [4.78, 5) is 37.8. The molecule has 33 heavy (non-hydrogen) atoms. The first kappa shape index (κ1) is 25.1. The standard InChI is InChI=1S/C22H18F4N4O3/c1-6-21(4,22(24,25)26)29-20(33)18(31)16-11(2)17(30(5)12(16)3)19(32)28-14-7-8-15(23)13(9-14)10-27/h1,7-9H,2-5H3,(H,28,32)(H,29,33)/t21-/m0/s1. The van der Waals surface area contributed by atoms with Gasteiger partial charge in [-0.1, -0.05) is 5.92 Å². The zero-order valence-electron chi connectivity index (χ0n) is 17.9. The number of carbonyl (C=O) groups excluding carboxylic acids is 3. The lowest BCUT2D eigenvalue weighted by atomic mass is 10.0. The van der Waals surface area contributed by atoms with Gasteiger partial charge in [0.15, 0.2) is 5.54 Å². The van der Waals surface area contributed by atoms with Crippen molar-refractivity contribution in [2.24, 2.45) is 7.05 Å². The van der Waals surface area contributed by atoms with Gasteiger partial charge in [0.2, 0.25) is 0 Å². The summed E-state index contributed by atoms with van der Waals surface area (Å²) in [6.07, 6.45) is -0.0982. The molecule has 2 N–H and O–H groups in total. The summed E-state index contributed by atoms with van der Waals surface area (Å²) in [7, 11) is 1.42. The number of aromatic nitrogens is 1. The fraction of sp³-hybridized carbons (Fsp3) is 0.273. The van der Waals surface area contributed by atoms with Crippen molar-refractivity contribution in [2.75, 3.05) is 5.32 Å². The van der Waals surface area contributed by atoms with Crippen molar-refractivity contribution < 1.29 is 31.9 Å². The van der Waals surface area contributed by atoms with E-state index in [2.05, 4.69) is 5.32 Å². The van der Waals surface area contributed by atoms with Gasteiger partial charge in [-0.2, -0.15) is 18.4 Å². The molecule has 0 radical (unpaired) electrons. The molecule has 1 atom stereocenters. The lowest BCUT2D eigenvalue weighted by Gasteiger charge is -2.27. The second-order valence-electron chi connectivity index (χ2n) is 7.30. The van der Waals surface area contributed by atoms with Crippen molar-refractivity contribution >= 4 is 23.3 Å². The molecule has 0 spiro atoms. The largest absolute Gasteiger partial charge is 0.422 e. The molecular formula is C22H18F4N4O3. The average Bonchev–Trinajstić information content (AvgIpc) is 2.96. The fourth-order valence-electron chi connectivity index (χ4n) is 3.10. The Labute approximate surface area is 186 Å². The highest BCUT2D eigenvalue weighted by Gasteiger charge is 2.52. The fourth-order valence-corrected chi connectivity index (χ4v) is 3.10. The molecule has 1 aromatic heterocycles. The molecule has 0 bridgehead atoms. The smallest absolute Gasteiger partial charge is 0.343 e. The van der Waals surface area contributed by atoms with Gasteiger partial charge in [-0.25, -0.2) is 4.39 Å². The van der Waals surface area contributed by atoms with Crippen LogP contribution in [0.15, 0.2) is 18.2 Å². The summed E-state index contributed by atoms with van der Waals surface area (Å²) in [5.41, 5.74) is -3.44. The number of ketones is 1. The van der Waals surface area contributed by atoms with Gasteiger partial charge in [-0.15, -0.1) is 6.42 Å². The number of anilines is 1. The van der Waals surface area contributed by atoms with Crippen LogP contribution in [-0.4, -0.2) is 33.9 Å². The van der Waals surface area contributed by atoms with Crippen LogP contribution in [0.3, 0.4) is 0 Å². The topological polar surface area (TPSA) is 104 Å². The number of terminal acetylenes is 1. The third kappa shape index (κ3) is 4.58. The number of hydrogen-bond acceptors (Lipinski definition) is 4. The van der Waals surface area contributed by atoms with Gasteiger partial charge in [-0.05, 0) is 44.5 Å². The quantitative estimate of drug-likeness (QED) is 0.308. The number of alkyl halides is 3. The SMILES string of the molecule is C#C[C@](C)(NC(=O)C(=O)c1c(C)c(C(=O)Nc2ccc(F)c(C#N)c2)n(C)c1C)C(F)(F)F. The first-order valence-electron chi connectivity index (χ1n) is 9.26. The molecule has 0 aliphatic rings. The minimum atomic E-state index is -5.01. The van der Waals surface area contributed by atoms with Gasteiger partial charge in [0.1, 0.15) is 17.6 Å². The number of hydrogen-bond donors (Lipinski definition) is 2. The van der Waals surface area contributed by atoms with E-state index in [9.17, 15) is 31.9 Å². The lowest BCUT2D eigenvalue weighted by Crippen LogP contribution is -2.57. The predicted octanol–water partition coefficient (Wildman–Crippen LogP) is 3.16. The Morgan fingerprint density at radius 2 is 1.79 bits per heavy atom. The van der Waals surface area contributed by atoms with Crippen molar-refractivity contribution in [3.63, 3.8) is 0 Å². The van der Waals surface area contributed by atoms with Crippen LogP contribution in [0.1, 0.15) is 44.6 Å². The maximum Gasteiger partial charge on any atom is 0.422 e. The van der Waals surface area contributed by atoms with Crippen LogP contribution in [0.4, 0.5) is 23.2 Å². The number of rotatable bonds is 5. The number of Topliss-reactive ketones (excluding diaryl/α,β-unsaturated/α-hetero) is 1. The van der Waals surface area contributed by atoms with E-state index in [1.165, 1.54) is 42.8 Å². The molecule has 0 saturated heterocycles. The van der Waals surface area contributed by atoms with Crippen LogP contribution in [0.25, 0.3) is 0 Å². The zero-order chi connectivity index (χ0) is 25.3. The van der Waals surface area contributed by atoms with Crippen molar-refractivity contribution in [1.82, 2.24) is 9.88 Å². The maximum absolute atomic E-state index is 13.5. The molecule has 0 unspecified atom stereocenters. The zero-order valence-corrected chi connectivity index (χ0v) is 17.9. The first-order chi connectivity index (χ1) is 15.2. The molecular weight excluding hydrogens is 444 g/mol. The number of benzene rings is 1. The van der Waals surface area contributed by atoms with Crippen molar-refractivity contribution in [3.05, 3.63) is 52.1 Å². The Morgan fingerprint density at radius 3 is 2.30 bits per heavy atom. The van der Waals surface area contributed by atoms with E-state index in [0.29, 0.717) is 6.92 Å². The van der Waals surface area contributed by atoms with Gasteiger partial charge >= 0.3 is 6.18 Å². The van der Waals surface area contributed by atoms with Crippen LogP contribution < -0.4 is 10.6 Å². The normalized spacial score (nSPS) is 12.8. The van der Waals surface area contributed by atoms with Crippen molar-refractivity contribution in [2.45, 2.75) is 32.5 Å². The summed E-state index contributed by atoms with van der Waals surface area (Å²) in [6, 6.07) is 4.94. The Bertz CT molecular complexity index is 1250. The summed E-state index contributed by atoms with van der Waals surface area (Å²) < 4.78 is 54.3. The van der Waals surface area contributed by atoms with Gasteiger partial charge in [-0.3, -0.25) is 14.4 Å². The van der Waals surface area contributed by atoms with E-state index in [4.69, 9.17) is 11.7 Å².